The van der Waals surface area contributed by atoms with Crippen molar-refractivity contribution in [2.75, 3.05) is 5.32 Å². The van der Waals surface area contributed by atoms with Gasteiger partial charge in [-0.3, -0.25) is 14.8 Å². The third-order valence-electron chi connectivity index (χ3n) is 4.37. The number of hydrogen-bond donors (Lipinski definition) is 1. The highest BCUT2D eigenvalue weighted by atomic mass is 35.5. The van der Waals surface area contributed by atoms with Crippen molar-refractivity contribution in [1.29, 1.82) is 0 Å². The summed E-state index contributed by atoms with van der Waals surface area (Å²) in [6, 6.07) is 9.02. The number of ether oxygens (including phenoxy) is 1. The average molecular weight is 459 g/mol. The standard InChI is InChI=1S/C21H19ClN4O2S2/c1-3-26-9-17(13(2)25-26)18-12-30-21(23-18)24-20(27)19-8-14(11-29-19)10-28-16-6-4-15(22)5-7-16/h4-9,11-12H,3,10H2,1-2H3,(H,23,24,27). The molecule has 0 atom stereocenters. The summed E-state index contributed by atoms with van der Waals surface area (Å²) in [5.74, 6) is 0.549. The minimum atomic E-state index is -0.181. The molecule has 1 amide bonds. The Hall–Kier alpha value is -2.68. The first kappa shape index (κ1) is 20.6. The summed E-state index contributed by atoms with van der Waals surface area (Å²) in [5.41, 5.74) is 3.65. The maximum atomic E-state index is 12.6. The van der Waals surface area contributed by atoms with Crippen molar-refractivity contribution in [2.45, 2.75) is 27.0 Å². The van der Waals surface area contributed by atoms with E-state index < -0.39 is 0 Å². The van der Waals surface area contributed by atoms with Gasteiger partial charge in [-0.05, 0) is 49.6 Å². The molecule has 4 aromatic rings. The van der Waals surface area contributed by atoms with Crippen LogP contribution >= 0.6 is 34.3 Å². The van der Waals surface area contributed by atoms with Crippen LogP contribution < -0.4 is 10.1 Å². The Kier molecular flexibility index (Phi) is 6.17. The van der Waals surface area contributed by atoms with Crippen molar-refractivity contribution >= 4 is 45.3 Å². The highest BCUT2D eigenvalue weighted by Gasteiger charge is 2.15. The van der Waals surface area contributed by atoms with Gasteiger partial charge in [-0.25, -0.2) is 4.98 Å². The van der Waals surface area contributed by atoms with Crippen LogP contribution in [0.5, 0.6) is 5.75 Å². The molecule has 0 aliphatic rings. The second-order valence-corrected chi connectivity index (χ2v) is 8.74. The van der Waals surface area contributed by atoms with E-state index in [1.54, 1.807) is 12.1 Å². The van der Waals surface area contributed by atoms with Crippen LogP contribution in [-0.2, 0) is 13.2 Å². The number of aryl methyl sites for hydroxylation is 2. The molecular weight excluding hydrogens is 440 g/mol. The van der Waals surface area contributed by atoms with Gasteiger partial charge in [-0.2, -0.15) is 5.10 Å². The monoisotopic (exact) mass is 458 g/mol. The number of thiazole rings is 1. The Balaban J connectivity index is 1.38. The Bertz CT molecular complexity index is 1160. The first-order chi connectivity index (χ1) is 14.5. The quantitative estimate of drug-likeness (QED) is 0.375. The lowest BCUT2D eigenvalue weighted by Crippen LogP contribution is -2.09. The molecule has 3 aromatic heterocycles. The maximum absolute atomic E-state index is 12.6. The number of thiophene rings is 1. The molecule has 0 saturated carbocycles. The maximum Gasteiger partial charge on any atom is 0.267 e. The third kappa shape index (κ3) is 4.72. The number of rotatable bonds is 7. The van der Waals surface area contributed by atoms with Crippen LogP contribution in [0, 0.1) is 6.92 Å². The minimum absolute atomic E-state index is 0.181. The number of benzene rings is 1. The molecule has 0 aliphatic carbocycles. The number of nitrogens with zero attached hydrogens (tertiary/aromatic N) is 3. The molecule has 0 spiro atoms. The first-order valence-corrected chi connectivity index (χ1v) is 11.4. The molecular formula is C21H19ClN4O2S2. The summed E-state index contributed by atoms with van der Waals surface area (Å²) in [6.07, 6.45) is 1.97. The number of anilines is 1. The van der Waals surface area contributed by atoms with Crippen LogP contribution in [0.1, 0.15) is 27.9 Å². The lowest BCUT2D eigenvalue weighted by Gasteiger charge is -2.04. The number of hydrogen-bond acceptors (Lipinski definition) is 6. The Morgan fingerprint density at radius 2 is 2.03 bits per heavy atom. The van der Waals surface area contributed by atoms with E-state index in [1.807, 2.05) is 53.7 Å². The largest absolute Gasteiger partial charge is 0.489 e. The summed E-state index contributed by atoms with van der Waals surface area (Å²) in [5, 5.41) is 12.4. The van der Waals surface area contributed by atoms with Gasteiger partial charge in [0.2, 0.25) is 0 Å². The van der Waals surface area contributed by atoms with E-state index in [2.05, 4.69) is 15.4 Å². The lowest BCUT2D eigenvalue weighted by atomic mass is 10.2. The summed E-state index contributed by atoms with van der Waals surface area (Å²) in [4.78, 5) is 17.8. The second-order valence-electron chi connectivity index (χ2n) is 6.54. The van der Waals surface area contributed by atoms with Crippen LogP contribution in [0.15, 0.2) is 47.3 Å². The summed E-state index contributed by atoms with van der Waals surface area (Å²) in [6.45, 7) is 5.18. The third-order valence-corrected chi connectivity index (χ3v) is 6.36. The molecule has 0 saturated heterocycles. The normalized spacial score (nSPS) is 10.9. The predicted octanol–water partition coefficient (Wildman–Crippen LogP) is 5.88. The number of carbonyl (C=O) groups is 1. The molecule has 0 unspecified atom stereocenters. The van der Waals surface area contributed by atoms with Gasteiger partial charge in [0.15, 0.2) is 5.13 Å². The summed E-state index contributed by atoms with van der Waals surface area (Å²) in [7, 11) is 0. The first-order valence-electron chi connectivity index (χ1n) is 9.29. The molecule has 3 heterocycles. The highest BCUT2D eigenvalue weighted by molar-refractivity contribution is 7.14. The van der Waals surface area contributed by atoms with E-state index in [9.17, 15) is 4.79 Å². The Morgan fingerprint density at radius 3 is 2.77 bits per heavy atom. The summed E-state index contributed by atoms with van der Waals surface area (Å²) >= 11 is 8.65. The van der Waals surface area contributed by atoms with Gasteiger partial charge in [0.25, 0.3) is 5.91 Å². The Morgan fingerprint density at radius 1 is 1.23 bits per heavy atom. The molecule has 1 N–H and O–H groups in total. The number of carbonyl (C=O) groups excluding carboxylic acids is 1. The van der Waals surface area contributed by atoms with E-state index in [1.165, 1.54) is 22.7 Å². The molecule has 30 heavy (non-hydrogen) atoms. The molecule has 9 heteroatoms. The molecule has 4 rings (SSSR count). The number of halogens is 1. The van der Waals surface area contributed by atoms with Gasteiger partial charge in [0.05, 0.1) is 16.3 Å². The molecule has 0 radical (unpaired) electrons. The van der Waals surface area contributed by atoms with E-state index in [0.29, 0.717) is 21.6 Å². The number of nitrogens with one attached hydrogen (secondary N) is 1. The van der Waals surface area contributed by atoms with Crippen molar-refractivity contribution in [2.24, 2.45) is 0 Å². The van der Waals surface area contributed by atoms with Gasteiger partial charge >= 0.3 is 0 Å². The van der Waals surface area contributed by atoms with Crippen molar-refractivity contribution in [1.82, 2.24) is 14.8 Å². The molecule has 0 aliphatic heterocycles. The molecule has 1 aromatic carbocycles. The van der Waals surface area contributed by atoms with Crippen LogP contribution in [0.3, 0.4) is 0 Å². The fourth-order valence-corrected chi connectivity index (χ4v) is 4.44. The van der Waals surface area contributed by atoms with Crippen molar-refractivity contribution in [3.8, 4) is 17.0 Å². The number of aromatic nitrogens is 3. The van der Waals surface area contributed by atoms with Gasteiger partial charge in [-0.1, -0.05) is 11.6 Å². The SMILES string of the molecule is CCn1cc(-c2csc(NC(=O)c3cc(COc4ccc(Cl)cc4)cs3)n2)c(C)n1. The fourth-order valence-electron chi connectivity index (χ4n) is 2.81. The van der Waals surface area contributed by atoms with Crippen LogP contribution in [-0.4, -0.2) is 20.7 Å². The molecule has 154 valence electrons. The van der Waals surface area contributed by atoms with Gasteiger partial charge in [0, 0.05) is 34.3 Å². The van der Waals surface area contributed by atoms with Gasteiger partial charge < -0.3 is 4.74 Å². The summed E-state index contributed by atoms with van der Waals surface area (Å²) < 4.78 is 7.61. The minimum Gasteiger partial charge on any atom is -0.489 e. The zero-order valence-electron chi connectivity index (χ0n) is 16.4. The lowest BCUT2D eigenvalue weighted by molar-refractivity contribution is 0.103. The van der Waals surface area contributed by atoms with Crippen LogP contribution in [0.2, 0.25) is 5.02 Å². The predicted molar refractivity (Wildman–Crippen MR) is 122 cm³/mol. The zero-order chi connectivity index (χ0) is 21.1. The number of amides is 1. The fraction of sp³-hybridized carbons (Fsp3) is 0.190. The van der Waals surface area contributed by atoms with Gasteiger partial charge in [0.1, 0.15) is 12.4 Å². The van der Waals surface area contributed by atoms with E-state index in [4.69, 9.17) is 16.3 Å². The molecule has 0 fully saturated rings. The second kappa shape index (κ2) is 8.99. The van der Waals surface area contributed by atoms with Crippen LogP contribution in [0.4, 0.5) is 5.13 Å². The topological polar surface area (TPSA) is 69.0 Å². The molecule has 0 bridgehead atoms. The highest BCUT2D eigenvalue weighted by Crippen LogP contribution is 2.28. The Labute approximate surface area is 187 Å². The van der Waals surface area contributed by atoms with E-state index in [-0.39, 0.29) is 5.91 Å². The zero-order valence-corrected chi connectivity index (χ0v) is 18.8. The van der Waals surface area contributed by atoms with Crippen LogP contribution in [0.25, 0.3) is 11.3 Å². The van der Waals surface area contributed by atoms with E-state index in [0.717, 1.165) is 34.8 Å². The average Bonchev–Trinajstić information content (AvgIpc) is 3.47. The van der Waals surface area contributed by atoms with Crippen molar-refractivity contribution in [3.05, 3.63) is 68.4 Å². The van der Waals surface area contributed by atoms with Crippen molar-refractivity contribution < 1.29 is 9.53 Å². The van der Waals surface area contributed by atoms with Gasteiger partial charge in [-0.15, -0.1) is 22.7 Å². The van der Waals surface area contributed by atoms with E-state index >= 15 is 0 Å². The van der Waals surface area contributed by atoms with Crippen molar-refractivity contribution in [3.63, 3.8) is 0 Å². The molecule has 6 nitrogen and oxygen atoms in total. The smallest absolute Gasteiger partial charge is 0.267 e.